The molecule has 0 saturated carbocycles. The number of ether oxygens (including phenoxy) is 2. The molecular formula is C39H52N4O7. The Kier molecular flexibility index (Phi) is 11.1. The first-order valence-corrected chi connectivity index (χ1v) is 16.3. The maximum absolute atomic E-state index is 13.0. The van der Waals surface area contributed by atoms with Gasteiger partial charge in [0.15, 0.2) is 12.3 Å². The molecule has 0 aromatic heterocycles. The molecule has 9 atom stereocenters. The first kappa shape index (κ1) is 38.8. The molecule has 4 saturated heterocycles. The van der Waals surface area contributed by atoms with E-state index in [1.165, 1.54) is 15.4 Å². The van der Waals surface area contributed by atoms with Crippen LogP contribution in [0.2, 0.25) is 0 Å². The molecule has 11 nitrogen and oxygen atoms in total. The summed E-state index contributed by atoms with van der Waals surface area (Å²) in [6.07, 6.45) is 3.59. The predicted molar refractivity (Wildman–Crippen MR) is 195 cm³/mol. The average Bonchev–Trinajstić information content (AvgIpc) is 3.68. The summed E-state index contributed by atoms with van der Waals surface area (Å²) in [5, 5.41) is 21.1. The highest BCUT2D eigenvalue weighted by molar-refractivity contribution is 6.24. The molecule has 8 rings (SSSR count). The van der Waals surface area contributed by atoms with Gasteiger partial charge in [0.05, 0.1) is 29.6 Å². The van der Waals surface area contributed by atoms with Gasteiger partial charge in [-0.25, -0.2) is 4.90 Å². The number of nitrogens with zero attached hydrogens (tertiary/aromatic N) is 3. The number of benzene rings is 2. The van der Waals surface area contributed by atoms with E-state index < -0.39 is 35.6 Å². The van der Waals surface area contributed by atoms with Crippen molar-refractivity contribution in [3.8, 4) is 0 Å². The van der Waals surface area contributed by atoms with Gasteiger partial charge in [0.2, 0.25) is 11.8 Å². The van der Waals surface area contributed by atoms with E-state index in [2.05, 4.69) is 16.4 Å². The third kappa shape index (κ3) is 6.26. The number of hydrogen-bond donors (Lipinski definition) is 3. The second kappa shape index (κ2) is 14.3. The third-order valence-electron chi connectivity index (χ3n) is 10.1. The summed E-state index contributed by atoms with van der Waals surface area (Å²) in [5.74, 6) is -1.49. The summed E-state index contributed by atoms with van der Waals surface area (Å²) in [4.78, 5) is 45.9. The Morgan fingerprint density at radius 3 is 1.96 bits per heavy atom. The second-order valence-corrected chi connectivity index (χ2v) is 13.8. The van der Waals surface area contributed by atoms with Crippen molar-refractivity contribution in [3.63, 3.8) is 0 Å². The van der Waals surface area contributed by atoms with Gasteiger partial charge in [0.1, 0.15) is 17.3 Å². The van der Waals surface area contributed by atoms with E-state index in [-0.39, 0.29) is 50.6 Å². The monoisotopic (exact) mass is 688 g/mol. The number of aliphatic imine (C=N–C) groups is 1. The van der Waals surface area contributed by atoms with Gasteiger partial charge in [-0.3, -0.25) is 24.3 Å². The zero-order valence-corrected chi connectivity index (χ0v) is 28.4. The number of hydrogen-bond acceptors (Lipinski definition) is 9. The van der Waals surface area contributed by atoms with Gasteiger partial charge in [-0.2, -0.15) is 0 Å². The van der Waals surface area contributed by atoms with Crippen LogP contribution >= 0.6 is 0 Å². The smallest absolute Gasteiger partial charge is 0.263 e. The quantitative estimate of drug-likeness (QED) is 0.314. The Morgan fingerprint density at radius 2 is 1.36 bits per heavy atom. The maximum Gasteiger partial charge on any atom is 0.263 e. The van der Waals surface area contributed by atoms with Crippen LogP contribution in [0.4, 0.5) is 11.4 Å². The van der Waals surface area contributed by atoms with Crippen molar-refractivity contribution in [1.29, 1.82) is 0 Å². The summed E-state index contributed by atoms with van der Waals surface area (Å²) >= 11 is 0. The van der Waals surface area contributed by atoms with Crippen molar-refractivity contribution in [2.24, 2.45) is 16.8 Å². The molecule has 6 aliphatic rings. The lowest BCUT2D eigenvalue weighted by molar-refractivity contribution is -0.130. The normalized spacial score (nSPS) is 34.4. The molecule has 0 aliphatic carbocycles. The predicted octanol–water partition coefficient (Wildman–Crippen LogP) is 4.27. The number of nitrogens with one attached hydrogen (secondary N) is 1. The molecule has 4 fully saturated rings. The Bertz CT molecular complexity index is 1700. The number of imide groups is 1. The molecule has 6 aliphatic heterocycles. The van der Waals surface area contributed by atoms with Crippen LogP contribution < -0.4 is 15.1 Å². The van der Waals surface area contributed by atoms with Gasteiger partial charge in [-0.15, -0.1) is 0 Å². The minimum atomic E-state index is -0.951. The summed E-state index contributed by atoms with van der Waals surface area (Å²) in [6, 6.07) is 14.5. The summed E-state index contributed by atoms with van der Waals surface area (Å²) in [6.45, 7) is 12.6. The number of amides is 3. The SMILES string of the molecule is C.C.CC1=C[C@]2(C)O[C@@H]3C(=O)N(c4ccc(C)cc4)C(=O)[C@@H]3[C@@H]2N=C1.CC1=C[C@]2(C)O[C@@H]3C(O)N(c4ccc(C)cc4)C(=O)[C@@H]3[C@@H]2NC1.CO. The molecule has 1 unspecified atom stereocenters. The van der Waals surface area contributed by atoms with Gasteiger partial charge >= 0.3 is 0 Å². The van der Waals surface area contributed by atoms with Crippen molar-refractivity contribution in [2.45, 2.75) is 98.1 Å². The minimum absolute atomic E-state index is 0. The Labute approximate surface area is 295 Å². The van der Waals surface area contributed by atoms with E-state index in [9.17, 15) is 19.5 Å². The second-order valence-electron chi connectivity index (χ2n) is 13.8. The first-order valence-electron chi connectivity index (χ1n) is 16.3. The number of anilines is 2. The minimum Gasteiger partial charge on any atom is -0.400 e. The highest BCUT2D eigenvalue weighted by Crippen LogP contribution is 2.47. The van der Waals surface area contributed by atoms with Crippen LogP contribution in [0.5, 0.6) is 0 Å². The maximum atomic E-state index is 13.0. The van der Waals surface area contributed by atoms with E-state index in [0.29, 0.717) is 5.69 Å². The van der Waals surface area contributed by atoms with Crippen molar-refractivity contribution in [1.82, 2.24) is 5.32 Å². The molecule has 0 bridgehead atoms. The standard InChI is InChI=1S/C18H22N2O3.C18H18N2O3.CH4O.2CH4/c2*1-10-4-6-12(7-5-10)20-16(21)13-14(17(20)22)23-18(3)8-11(2)9-19-15(13)18;1-2;;/h4-8,13-15,17,19,22H,9H2,1-3H3;4-9,13-15H,1-3H3;2H,1H3;2*1H4/t13-,14-,15-,17?,18-;13-,14-,15-,18-;;;/m00.../s1. The fourth-order valence-corrected chi connectivity index (χ4v) is 7.99. The van der Waals surface area contributed by atoms with Gasteiger partial charge < -0.3 is 25.0 Å². The van der Waals surface area contributed by atoms with E-state index in [0.717, 1.165) is 36.0 Å². The van der Waals surface area contributed by atoms with Crippen LogP contribution in [-0.4, -0.2) is 89.5 Å². The molecule has 3 N–H and O–H groups in total. The molecule has 0 spiro atoms. The van der Waals surface area contributed by atoms with Crippen LogP contribution in [-0.2, 0) is 23.9 Å². The largest absolute Gasteiger partial charge is 0.400 e. The van der Waals surface area contributed by atoms with E-state index >= 15 is 0 Å². The Balaban J connectivity index is 0.000000206. The van der Waals surface area contributed by atoms with Gasteiger partial charge in [0.25, 0.3) is 5.91 Å². The van der Waals surface area contributed by atoms with Gasteiger partial charge in [0, 0.05) is 25.6 Å². The number of aliphatic hydroxyl groups is 2. The Hall–Kier alpha value is -4.00. The van der Waals surface area contributed by atoms with Gasteiger partial charge in [-0.1, -0.05) is 61.9 Å². The number of allylic oxidation sites excluding steroid dienone is 1. The fraction of sp³-hybridized carbons (Fsp3) is 0.487. The molecule has 11 heteroatoms. The van der Waals surface area contributed by atoms with Crippen molar-refractivity contribution in [3.05, 3.63) is 83.0 Å². The van der Waals surface area contributed by atoms with Gasteiger partial charge in [-0.05, 0) is 77.5 Å². The summed E-state index contributed by atoms with van der Waals surface area (Å²) < 4.78 is 12.2. The van der Waals surface area contributed by atoms with Crippen LogP contribution in [0.15, 0.2) is 76.8 Å². The lowest BCUT2D eigenvalue weighted by Crippen LogP contribution is -2.54. The first-order chi connectivity index (χ1) is 22.8. The molecule has 0 radical (unpaired) electrons. The van der Waals surface area contributed by atoms with Crippen LogP contribution in [0, 0.1) is 25.7 Å². The Morgan fingerprint density at radius 1 is 0.780 bits per heavy atom. The number of fused-ring (bicyclic) bond motifs is 6. The van der Waals surface area contributed by atoms with E-state index in [4.69, 9.17) is 14.6 Å². The highest BCUT2D eigenvalue weighted by atomic mass is 16.5. The topological polar surface area (TPSA) is 141 Å². The summed E-state index contributed by atoms with van der Waals surface area (Å²) in [7, 11) is 1.00. The number of dihydropyridines is 1. The fourth-order valence-electron chi connectivity index (χ4n) is 7.99. The number of rotatable bonds is 2. The van der Waals surface area contributed by atoms with Crippen LogP contribution in [0.3, 0.4) is 0 Å². The number of aryl methyl sites for hydroxylation is 2. The average molecular weight is 689 g/mol. The molecule has 2 aromatic carbocycles. The zero-order valence-electron chi connectivity index (χ0n) is 28.4. The molecule has 6 heterocycles. The summed E-state index contributed by atoms with van der Waals surface area (Å²) in [5.41, 5.74) is 4.47. The third-order valence-corrected chi connectivity index (χ3v) is 10.1. The molecule has 270 valence electrons. The van der Waals surface area contributed by atoms with E-state index in [1.54, 1.807) is 18.3 Å². The number of carbonyl (C=O) groups is 3. The zero-order chi connectivity index (χ0) is 34.7. The lowest BCUT2D eigenvalue weighted by Gasteiger charge is -2.36. The van der Waals surface area contributed by atoms with Crippen LogP contribution in [0.1, 0.15) is 53.7 Å². The van der Waals surface area contributed by atoms with Crippen molar-refractivity contribution < 1.29 is 34.1 Å². The van der Waals surface area contributed by atoms with Crippen molar-refractivity contribution in [2.75, 3.05) is 23.5 Å². The van der Waals surface area contributed by atoms with E-state index in [1.807, 2.05) is 84.0 Å². The van der Waals surface area contributed by atoms with Crippen molar-refractivity contribution >= 4 is 35.3 Å². The highest BCUT2D eigenvalue weighted by Gasteiger charge is 2.65. The molecular weight excluding hydrogens is 636 g/mol. The molecule has 3 amide bonds. The van der Waals surface area contributed by atoms with Crippen LogP contribution in [0.25, 0.3) is 0 Å². The lowest BCUT2D eigenvalue weighted by atomic mass is 9.84. The molecule has 2 aromatic rings. The number of aliphatic hydroxyl groups excluding tert-OH is 2. The number of carbonyl (C=O) groups excluding carboxylic acids is 3. The molecule has 50 heavy (non-hydrogen) atoms.